The van der Waals surface area contributed by atoms with Crippen LogP contribution in [0, 0.1) is 0 Å². The van der Waals surface area contributed by atoms with Gasteiger partial charge in [-0.05, 0) is 57.3 Å². The molecule has 272 valence electrons. The highest BCUT2D eigenvalue weighted by Crippen LogP contribution is 2.35. The molecule has 8 aromatic carbocycles. The quantitative estimate of drug-likeness (QED) is 0.155. The minimum atomic E-state index is 0.606. The molecule has 5 nitrogen and oxygen atoms in total. The maximum Gasteiger partial charge on any atom is 0.164 e. The lowest BCUT2D eigenvalue weighted by Crippen LogP contribution is -2.00. The van der Waals surface area contributed by atoms with E-state index in [9.17, 15) is 0 Å². The van der Waals surface area contributed by atoms with Crippen molar-refractivity contribution in [1.82, 2.24) is 24.9 Å². The van der Waals surface area contributed by atoms with Gasteiger partial charge in [0.25, 0.3) is 0 Å². The van der Waals surface area contributed by atoms with Crippen LogP contribution in [0.25, 0.3) is 101 Å². The molecule has 0 saturated carbocycles. The molecule has 0 aliphatic carbocycles. The maximum atomic E-state index is 5.14. The highest BCUT2D eigenvalue weighted by atomic mass is 15.0. The molecular formula is C53H35N5. The van der Waals surface area contributed by atoms with Gasteiger partial charge in [-0.1, -0.05) is 188 Å². The fraction of sp³-hybridized carbons (Fsp3) is 0. The third-order valence-electron chi connectivity index (χ3n) is 10.3. The van der Waals surface area contributed by atoms with E-state index in [0.717, 1.165) is 72.4 Å². The monoisotopic (exact) mass is 741 g/mol. The van der Waals surface area contributed by atoms with E-state index < -0.39 is 0 Å². The van der Waals surface area contributed by atoms with Crippen LogP contribution >= 0.6 is 0 Å². The third kappa shape index (κ3) is 7.04. The Balaban J connectivity index is 1.06. The molecule has 0 saturated heterocycles. The summed E-state index contributed by atoms with van der Waals surface area (Å²) in [5, 5.41) is 2.32. The van der Waals surface area contributed by atoms with E-state index >= 15 is 0 Å². The van der Waals surface area contributed by atoms with Gasteiger partial charge in [0.15, 0.2) is 23.3 Å². The third-order valence-corrected chi connectivity index (χ3v) is 10.3. The number of aromatic nitrogens is 5. The van der Waals surface area contributed by atoms with E-state index in [1.165, 1.54) is 5.39 Å². The zero-order valence-corrected chi connectivity index (χ0v) is 31.4. The Hall–Kier alpha value is -7.89. The van der Waals surface area contributed by atoms with Gasteiger partial charge in [0, 0.05) is 33.4 Å². The fourth-order valence-corrected chi connectivity index (χ4v) is 7.41. The molecule has 0 amide bonds. The highest BCUT2D eigenvalue weighted by Gasteiger charge is 2.16. The minimum Gasteiger partial charge on any atom is -0.228 e. The van der Waals surface area contributed by atoms with Crippen LogP contribution in [0.4, 0.5) is 0 Å². The van der Waals surface area contributed by atoms with Crippen LogP contribution in [-0.4, -0.2) is 24.9 Å². The van der Waals surface area contributed by atoms with E-state index in [1.54, 1.807) is 0 Å². The minimum absolute atomic E-state index is 0.606. The molecule has 2 aromatic heterocycles. The predicted molar refractivity (Wildman–Crippen MR) is 236 cm³/mol. The van der Waals surface area contributed by atoms with Crippen molar-refractivity contribution >= 4 is 10.8 Å². The molecule has 0 atom stereocenters. The predicted octanol–water partition coefficient (Wildman–Crippen LogP) is 13.2. The Bertz CT molecular complexity index is 3050. The molecule has 10 aromatic rings. The summed E-state index contributed by atoms with van der Waals surface area (Å²) in [4.78, 5) is 25.4. The summed E-state index contributed by atoms with van der Waals surface area (Å²) in [6, 6.07) is 72.9. The van der Waals surface area contributed by atoms with Crippen molar-refractivity contribution in [3.8, 4) is 90.3 Å². The zero-order chi connectivity index (χ0) is 38.7. The molecule has 0 bridgehead atoms. The molecule has 58 heavy (non-hydrogen) atoms. The van der Waals surface area contributed by atoms with Gasteiger partial charge in [0.1, 0.15) is 0 Å². The van der Waals surface area contributed by atoms with Gasteiger partial charge in [-0.3, -0.25) is 0 Å². The Kier molecular flexibility index (Phi) is 9.14. The second-order valence-electron chi connectivity index (χ2n) is 14.1. The SMILES string of the molecule is c1ccc(-c2cccc(-c3nc(-c4ccccc4)nc(-c4cccc(-c5cccc(-c6cc(-c7cccc8ccccc78)nc(-c7ccccc7)n6)c5)c4)n3)c2)cc1. The summed E-state index contributed by atoms with van der Waals surface area (Å²) in [6.45, 7) is 0. The van der Waals surface area contributed by atoms with Crippen molar-refractivity contribution in [2.75, 3.05) is 0 Å². The zero-order valence-electron chi connectivity index (χ0n) is 31.4. The molecule has 10 rings (SSSR count). The maximum absolute atomic E-state index is 5.14. The van der Waals surface area contributed by atoms with E-state index in [4.69, 9.17) is 24.9 Å². The molecule has 0 aliphatic rings. The second kappa shape index (κ2) is 15.3. The molecule has 0 N–H and O–H groups in total. The lowest BCUT2D eigenvalue weighted by Gasteiger charge is -2.12. The highest BCUT2D eigenvalue weighted by molar-refractivity contribution is 5.96. The van der Waals surface area contributed by atoms with Crippen molar-refractivity contribution in [3.63, 3.8) is 0 Å². The van der Waals surface area contributed by atoms with Crippen LogP contribution in [0.2, 0.25) is 0 Å². The molecular weight excluding hydrogens is 707 g/mol. The smallest absolute Gasteiger partial charge is 0.164 e. The average Bonchev–Trinajstić information content (AvgIpc) is 3.32. The number of rotatable bonds is 8. The first-order valence-corrected chi connectivity index (χ1v) is 19.3. The first-order valence-electron chi connectivity index (χ1n) is 19.3. The molecule has 0 unspecified atom stereocenters. The van der Waals surface area contributed by atoms with Crippen molar-refractivity contribution in [2.24, 2.45) is 0 Å². The van der Waals surface area contributed by atoms with Gasteiger partial charge in [-0.15, -0.1) is 0 Å². The summed E-state index contributed by atoms with van der Waals surface area (Å²) in [6.07, 6.45) is 0. The van der Waals surface area contributed by atoms with Crippen molar-refractivity contribution in [1.29, 1.82) is 0 Å². The Morgan fingerprint density at radius 3 is 1.21 bits per heavy atom. The van der Waals surface area contributed by atoms with Crippen LogP contribution in [0.5, 0.6) is 0 Å². The van der Waals surface area contributed by atoms with E-state index in [1.807, 2.05) is 54.6 Å². The summed E-state index contributed by atoms with van der Waals surface area (Å²) in [5.74, 6) is 2.53. The summed E-state index contributed by atoms with van der Waals surface area (Å²) in [7, 11) is 0. The topological polar surface area (TPSA) is 64.5 Å². The first kappa shape index (κ1) is 34.6. The number of fused-ring (bicyclic) bond motifs is 1. The number of nitrogens with zero attached hydrogens (tertiary/aromatic N) is 5. The Morgan fingerprint density at radius 1 is 0.224 bits per heavy atom. The molecule has 2 heterocycles. The molecule has 5 heteroatoms. The average molecular weight is 742 g/mol. The van der Waals surface area contributed by atoms with Crippen LogP contribution in [-0.2, 0) is 0 Å². The molecule has 0 aliphatic heterocycles. The van der Waals surface area contributed by atoms with Gasteiger partial charge in [-0.25, -0.2) is 24.9 Å². The van der Waals surface area contributed by atoms with Gasteiger partial charge in [-0.2, -0.15) is 0 Å². The molecule has 0 fully saturated rings. The number of hydrogen-bond donors (Lipinski definition) is 0. The summed E-state index contributed by atoms with van der Waals surface area (Å²) >= 11 is 0. The Labute approximate surface area is 337 Å². The van der Waals surface area contributed by atoms with Gasteiger partial charge >= 0.3 is 0 Å². The number of hydrogen-bond acceptors (Lipinski definition) is 5. The van der Waals surface area contributed by atoms with E-state index in [-0.39, 0.29) is 0 Å². The normalized spacial score (nSPS) is 11.1. The molecule has 0 radical (unpaired) electrons. The molecule has 0 spiro atoms. The summed E-state index contributed by atoms with van der Waals surface area (Å²) < 4.78 is 0. The lowest BCUT2D eigenvalue weighted by molar-refractivity contribution is 1.07. The summed E-state index contributed by atoms with van der Waals surface area (Å²) in [5.41, 5.74) is 11.8. The number of benzene rings is 8. The fourth-order valence-electron chi connectivity index (χ4n) is 7.41. The van der Waals surface area contributed by atoms with E-state index in [0.29, 0.717) is 23.3 Å². The van der Waals surface area contributed by atoms with Crippen molar-refractivity contribution < 1.29 is 0 Å². The standard InChI is InChI=1S/C53H35N5/c1-4-16-36(17-5-1)40-24-13-28-44(33-40)52-56-51(39-21-8-3-9-22-39)57-53(58-52)45-29-14-26-42(34-45)41-25-12-27-43(32-41)48-35-49(55-50(54-48)38-19-6-2-7-20-38)47-31-15-23-37-18-10-11-30-46(37)47/h1-35H. The van der Waals surface area contributed by atoms with E-state index in [2.05, 4.69) is 158 Å². The lowest BCUT2D eigenvalue weighted by atomic mass is 9.98. The van der Waals surface area contributed by atoms with Gasteiger partial charge in [0.05, 0.1) is 11.4 Å². The van der Waals surface area contributed by atoms with Crippen LogP contribution in [0.15, 0.2) is 212 Å². The van der Waals surface area contributed by atoms with Crippen LogP contribution < -0.4 is 0 Å². The van der Waals surface area contributed by atoms with Gasteiger partial charge < -0.3 is 0 Å². The largest absolute Gasteiger partial charge is 0.228 e. The van der Waals surface area contributed by atoms with Crippen LogP contribution in [0.3, 0.4) is 0 Å². The second-order valence-corrected chi connectivity index (χ2v) is 14.1. The Morgan fingerprint density at radius 2 is 0.603 bits per heavy atom. The van der Waals surface area contributed by atoms with Crippen molar-refractivity contribution in [3.05, 3.63) is 212 Å². The van der Waals surface area contributed by atoms with Crippen molar-refractivity contribution in [2.45, 2.75) is 0 Å². The van der Waals surface area contributed by atoms with Crippen LogP contribution in [0.1, 0.15) is 0 Å². The van der Waals surface area contributed by atoms with Gasteiger partial charge in [0.2, 0.25) is 0 Å². The first-order chi connectivity index (χ1) is 28.7.